The summed E-state index contributed by atoms with van der Waals surface area (Å²) < 4.78 is 5.68. The van der Waals surface area contributed by atoms with Gasteiger partial charge in [-0.1, -0.05) is 30.3 Å². The van der Waals surface area contributed by atoms with Crippen molar-refractivity contribution in [3.63, 3.8) is 0 Å². The molecule has 25 heavy (non-hydrogen) atoms. The molecular weight excluding hydrogens is 425 g/mol. The molecule has 0 atom stereocenters. The number of hydrogen-bond acceptors (Lipinski definition) is 2. The SMILES string of the molecule is CCNC(=NCC1(c2ccccc2)CC1)NCCCOCC1CC1.I. The maximum absolute atomic E-state index is 5.68. The molecule has 0 heterocycles. The first-order chi connectivity index (χ1) is 11.8. The minimum Gasteiger partial charge on any atom is -0.381 e. The Balaban J connectivity index is 0.00000225. The molecule has 2 N–H and O–H groups in total. The van der Waals surface area contributed by atoms with E-state index in [0.717, 1.165) is 51.1 Å². The molecular formula is C20H32IN3O. The summed E-state index contributed by atoms with van der Waals surface area (Å²) in [5.74, 6) is 1.78. The van der Waals surface area contributed by atoms with Gasteiger partial charge in [-0.05, 0) is 50.5 Å². The van der Waals surface area contributed by atoms with Gasteiger partial charge in [0.05, 0.1) is 6.54 Å². The van der Waals surface area contributed by atoms with Crippen LogP contribution in [0.2, 0.25) is 0 Å². The summed E-state index contributed by atoms with van der Waals surface area (Å²) in [7, 11) is 0. The predicted octanol–water partition coefficient (Wildman–Crippen LogP) is 3.71. The molecule has 1 aromatic rings. The Hall–Kier alpha value is -0.820. The van der Waals surface area contributed by atoms with Crippen molar-refractivity contribution in [2.24, 2.45) is 10.9 Å². The Labute approximate surface area is 169 Å². The van der Waals surface area contributed by atoms with Gasteiger partial charge in [0.15, 0.2) is 5.96 Å². The highest BCUT2D eigenvalue weighted by atomic mass is 127. The van der Waals surface area contributed by atoms with Gasteiger partial charge in [0.2, 0.25) is 0 Å². The highest BCUT2D eigenvalue weighted by molar-refractivity contribution is 14.0. The van der Waals surface area contributed by atoms with Gasteiger partial charge in [0, 0.05) is 31.7 Å². The number of aliphatic imine (C=N–C) groups is 1. The van der Waals surface area contributed by atoms with Crippen LogP contribution in [0.4, 0.5) is 0 Å². The second-order valence-electron chi connectivity index (χ2n) is 7.14. The Morgan fingerprint density at radius 3 is 2.60 bits per heavy atom. The fraction of sp³-hybridized carbons (Fsp3) is 0.650. The molecule has 0 bridgehead atoms. The first-order valence-corrected chi connectivity index (χ1v) is 9.48. The van der Waals surface area contributed by atoms with Gasteiger partial charge in [-0.15, -0.1) is 24.0 Å². The number of nitrogens with zero attached hydrogens (tertiary/aromatic N) is 1. The topological polar surface area (TPSA) is 45.7 Å². The third-order valence-corrected chi connectivity index (χ3v) is 4.93. The van der Waals surface area contributed by atoms with Crippen LogP contribution in [0.15, 0.2) is 35.3 Å². The van der Waals surface area contributed by atoms with Crippen molar-refractivity contribution in [3.8, 4) is 0 Å². The molecule has 140 valence electrons. The third kappa shape index (κ3) is 6.77. The summed E-state index contributed by atoms with van der Waals surface area (Å²) in [6.07, 6.45) is 6.24. The van der Waals surface area contributed by atoms with Crippen molar-refractivity contribution in [1.29, 1.82) is 0 Å². The molecule has 0 saturated heterocycles. The molecule has 0 radical (unpaired) electrons. The van der Waals surface area contributed by atoms with Crippen LogP contribution in [-0.2, 0) is 10.2 Å². The molecule has 0 spiro atoms. The lowest BCUT2D eigenvalue weighted by molar-refractivity contribution is 0.123. The van der Waals surface area contributed by atoms with Crippen molar-refractivity contribution in [2.75, 3.05) is 32.8 Å². The zero-order chi connectivity index (χ0) is 16.7. The van der Waals surface area contributed by atoms with E-state index >= 15 is 0 Å². The maximum atomic E-state index is 5.68. The lowest BCUT2D eigenvalue weighted by atomic mass is 9.96. The molecule has 3 rings (SSSR count). The third-order valence-electron chi connectivity index (χ3n) is 4.93. The summed E-state index contributed by atoms with van der Waals surface area (Å²) in [6, 6.07) is 10.8. The monoisotopic (exact) mass is 457 g/mol. The van der Waals surface area contributed by atoms with Crippen LogP contribution in [0.1, 0.15) is 44.6 Å². The average molecular weight is 457 g/mol. The minimum atomic E-state index is 0. The highest BCUT2D eigenvalue weighted by Gasteiger charge is 2.43. The van der Waals surface area contributed by atoms with Crippen LogP contribution >= 0.6 is 24.0 Å². The van der Waals surface area contributed by atoms with Gasteiger partial charge >= 0.3 is 0 Å². The van der Waals surface area contributed by atoms with E-state index in [-0.39, 0.29) is 29.4 Å². The van der Waals surface area contributed by atoms with Crippen LogP contribution < -0.4 is 10.6 Å². The number of halogens is 1. The van der Waals surface area contributed by atoms with E-state index in [9.17, 15) is 0 Å². The van der Waals surface area contributed by atoms with Gasteiger partial charge in [-0.3, -0.25) is 4.99 Å². The lowest BCUT2D eigenvalue weighted by Crippen LogP contribution is -2.38. The molecule has 2 saturated carbocycles. The second-order valence-corrected chi connectivity index (χ2v) is 7.14. The largest absolute Gasteiger partial charge is 0.381 e. The summed E-state index contributed by atoms with van der Waals surface area (Å²) in [4.78, 5) is 4.83. The van der Waals surface area contributed by atoms with Crippen molar-refractivity contribution >= 4 is 29.9 Å². The fourth-order valence-electron chi connectivity index (χ4n) is 2.97. The van der Waals surface area contributed by atoms with Crippen LogP contribution in [0.25, 0.3) is 0 Å². The Kier molecular flexibility index (Phi) is 8.49. The molecule has 1 aromatic carbocycles. The molecule has 2 fully saturated rings. The van der Waals surface area contributed by atoms with Crippen molar-refractivity contribution in [1.82, 2.24) is 10.6 Å². The zero-order valence-corrected chi connectivity index (χ0v) is 17.6. The molecule has 0 aliphatic heterocycles. The Morgan fingerprint density at radius 1 is 1.20 bits per heavy atom. The second kappa shape index (κ2) is 10.4. The summed E-state index contributed by atoms with van der Waals surface area (Å²) in [5, 5.41) is 6.79. The number of hydrogen-bond donors (Lipinski definition) is 2. The summed E-state index contributed by atoms with van der Waals surface area (Å²) in [5.41, 5.74) is 1.70. The number of nitrogens with one attached hydrogen (secondary N) is 2. The van der Waals surface area contributed by atoms with Crippen LogP contribution in [0.5, 0.6) is 0 Å². The van der Waals surface area contributed by atoms with E-state index < -0.39 is 0 Å². The number of guanidine groups is 1. The number of rotatable bonds is 10. The maximum Gasteiger partial charge on any atom is 0.191 e. The molecule has 2 aliphatic carbocycles. The quantitative estimate of drug-likeness (QED) is 0.244. The Morgan fingerprint density at radius 2 is 1.96 bits per heavy atom. The van der Waals surface area contributed by atoms with E-state index in [1.807, 2.05) is 0 Å². The summed E-state index contributed by atoms with van der Waals surface area (Å²) >= 11 is 0. The van der Waals surface area contributed by atoms with Crippen LogP contribution in [0.3, 0.4) is 0 Å². The van der Waals surface area contributed by atoms with E-state index in [1.54, 1.807) is 0 Å². The van der Waals surface area contributed by atoms with Gasteiger partial charge < -0.3 is 15.4 Å². The lowest BCUT2D eigenvalue weighted by Gasteiger charge is -2.16. The van der Waals surface area contributed by atoms with Crippen LogP contribution in [-0.4, -0.2) is 38.8 Å². The molecule has 0 unspecified atom stereocenters. The fourth-order valence-corrected chi connectivity index (χ4v) is 2.97. The summed E-state index contributed by atoms with van der Waals surface area (Å²) in [6.45, 7) is 6.58. The van der Waals surface area contributed by atoms with Crippen molar-refractivity contribution in [3.05, 3.63) is 35.9 Å². The average Bonchev–Trinajstić information content (AvgIpc) is 3.52. The zero-order valence-electron chi connectivity index (χ0n) is 15.3. The van der Waals surface area contributed by atoms with Crippen LogP contribution in [0, 0.1) is 5.92 Å². The highest BCUT2D eigenvalue weighted by Crippen LogP contribution is 2.48. The van der Waals surface area contributed by atoms with Crippen molar-refractivity contribution < 1.29 is 4.74 Å². The van der Waals surface area contributed by atoms with Gasteiger partial charge in [-0.2, -0.15) is 0 Å². The first kappa shape index (κ1) is 20.5. The van der Waals surface area contributed by atoms with Gasteiger partial charge in [-0.25, -0.2) is 0 Å². The normalized spacial score (nSPS) is 18.4. The van der Waals surface area contributed by atoms with E-state index in [2.05, 4.69) is 47.9 Å². The van der Waals surface area contributed by atoms with E-state index in [0.29, 0.717) is 0 Å². The number of ether oxygens (including phenoxy) is 1. The molecule has 0 aromatic heterocycles. The first-order valence-electron chi connectivity index (χ1n) is 9.48. The molecule has 0 amide bonds. The van der Waals surface area contributed by atoms with Gasteiger partial charge in [0.1, 0.15) is 0 Å². The molecule has 2 aliphatic rings. The standard InChI is InChI=1S/C20H31N3O.HI/c1-2-21-19(22-13-6-14-24-15-17-9-10-17)23-16-20(11-12-20)18-7-4-3-5-8-18;/h3-5,7-8,17H,2,6,9-16H2,1H3,(H2,21,22,23);1H. The smallest absolute Gasteiger partial charge is 0.191 e. The molecule has 5 heteroatoms. The van der Waals surface area contributed by atoms with E-state index in [1.165, 1.54) is 31.2 Å². The molecule has 4 nitrogen and oxygen atoms in total. The number of benzene rings is 1. The van der Waals surface area contributed by atoms with Crippen molar-refractivity contribution in [2.45, 2.75) is 44.4 Å². The van der Waals surface area contributed by atoms with Gasteiger partial charge in [0.25, 0.3) is 0 Å². The van der Waals surface area contributed by atoms with E-state index in [4.69, 9.17) is 9.73 Å². The predicted molar refractivity (Wildman–Crippen MR) is 115 cm³/mol. The minimum absolute atomic E-state index is 0. The Bertz CT molecular complexity index is 527.